The third-order valence-corrected chi connectivity index (χ3v) is 5.08. The summed E-state index contributed by atoms with van der Waals surface area (Å²) in [6.07, 6.45) is 19.1. The van der Waals surface area contributed by atoms with Gasteiger partial charge in [-0.2, -0.15) is 0 Å². The standard InChI is InChI=1S/C22H38O4/c1-4-5-6-7-8-9-10-11-12-13-14-17-22(3,25)20-19(26-20)16-15-18(2)21(23)24/h11-12,14,17-20,25H,4-10,13,15-16H2,1-3H3,(H,23,24)/b12-11-,17-14-. The average Bonchev–Trinajstić information content (AvgIpc) is 3.38. The van der Waals surface area contributed by atoms with E-state index in [9.17, 15) is 9.90 Å². The summed E-state index contributed by atoms with van der Waals surface area (Å²) < 4.78 is 5.55. The summed E-state index contributed by atoms with van der Waals surface area (Å²) in [5.74, 6) is -1.14. The fourth-order valence-corrected chi connectivity index (χ4v) is 3.15. The molecule has 1 aliphatic rings. The molecule has 2 N–H and O–H groups in total. The van der Waals surface area contributed by atoms with Gasteiger partial charge in [-0.25, -0.2) is 0 Å². The van der Waals surface area contributed by atoms with Gasteiger partial charge in [0.25, 0.3) is 0 Å². The molecule has 0 aromatic rings. The number of allylic oxidation sites excluding steroid dienone is 3. The number of rotatable bonds is 15. The minimum absolute atomic E-state index is 0.0281. The zero-order valence-corrected chi connectivity index (χ0v) is 16.8. The molecule has 4 heteroatoms. The molecular weight excluding hydrogens is 328 g/mol. The van der Waals surface area contributed by atoms with Crippen molar-refractivity contribution in [2.75, 3.05) is 0 Å². The number of carbonyl (C=O) groups is 1. The average molecular weight is 367 g/mol. The maximum absolute atomic E-state index is 10.8. The van der Waals surface area contributed by atoms with E-state index < -0.39 is 11.6 Å². The van der Waals surface area contributed by atoms with Crippen LogP contribution in [0.4, 0.5) is 0 Å². The fraction of sp³-hybridized carbons (Fsp3) is 0.773. The predicted octanol–water partition coefficient (Wildman–Crippen LogP) is 5.26. The molecule has 1 rings (SSSR count). The molecule has 1 heterocycles. The number of hydrogen-bond acceptors (Lipinski definition) is 3. The first-order chi connectivity index (χ1) is 12.4. The first-order valence-electron chi connectivity index (χ1n) is 10.3. The van der Waals surface area contributed by atoms with Gasteiger partial charge in [-0.15, -0.1) is 0 Å². The molecule has 26 heavy (non-hydrogen) atoms. The van der Waals surface area contributed by atoms with Crippen LogP contribution in [0.5, 0.6) is 0 Å². The van der Waals surface area contributed by atoms with E-state index in [4.69, 9.17) is 9.84 Å². The molecule has 4 nitrogen and oxygen atoms in total. The van der Waals surface area contributed by atoms with Crippen LogP contribution in [-0.4, -0.2) is 34.0 Å². The molecule has 0 aliphatic carbocycles. The van der Waals surface area contributed by atoms with Crippen LogP contribution in [-0.2, 0) is 9.53 Å². The largest absolute Gasteiger partial charge is 0.481 e. The van der Waals surface area contributed by atoms with E-state index in [0.717, 1.165) is 12.8 Å². The summed E-state index contributed by atoms with van der Waals surface area (Å²) in [7, 11) is 0. The molecule has 0 aromatic carbocycles. The van der Waals surface area contributed by atoms with E-state index in [-0.39, 0.29) is 18.1 Å². The van der Waals surface area contributed by atoms with Crippen molar-refractivity contribution in [3.8, 4) is 0 Å². The molecule has 0 saturated carbocycles. The molecule has 4 unspecified atom stereocenters. The Labute approximate surface area is 159 Å². The Hall–Kier alpha value is -1.13. The van der Waals surface area contributed by atoms with Crippen LogP contribution in [0.2, 0.25) is 0 Å². The van der Waals surface area contributed by atoms with Gasteiger partial charge in [0.05, 0.1) is 12.0 Å². The van der Waals surface area contributed by atoms with E-state index >= 15 is 0 Å². The third kappa shape index (κ3) is 9.54. The van der Waals surface area contributed by atoms with E-state index in [1.54, 1.807) is 13.8 Å². The van der Waals surface area contributed by atoms with Crippen molar-refractivity contribution in [3.63, 3.8) is 0 Å². The smallest absolute Gasteiger partial charge is 0.306 e. The van der Waals surface area contributed by atoms with E-state index in [0.29, 0.717) is 12.8 Å². The number of carboxylic acid groups (broad SMARTS) is 1. The Bertz CT molecular complexity index is 453. The predicted molar refractivity (Wildman–Crippen MR) is 106 cm³/mol. The topological polar surface area (TPSA) is 70.1 Å². The zero-order chi connectivity index (χ0) is 19.4. The molecule has 150 valence electrons. The normalized spacial score (nSPS) is 23.4. The van der Waals surface area contributed by atoms with Crippen molar-refractivity contribution in [2.24, 2.45) is 5.92 Å². The maximum atomic E-state index is 10.8. The van der Waals surface area contributed by atoms with E-state index in [1.165, 1.54) is 38.5 Å². The van der Waals surface area contributed by atoms with Crippen LogP contribution in [0, 0.1) is 5.92 Å². The highest BCUT2D eigenvalue weighted by molar-refractivity contribution is 5.69. The lowest BCUT2D eigenvalue weighted by Gasteiger charge is -2.16. The summed E-state index contributed by atoms with van der Waals surface area (Å²) in [5.41, 5.74) is -0.982. The van der Waals surface area contributed by atoms with Gasteiger partial charge in [0.2, 0.25) is 0 Å². The van der Waals surface area contributed by atoms with Crippen molar-refractivity contribution in [3.05, 3.63) is 24.3 Å². The third-order valence-electron chi connectivity index (χ3n) is 5.08. The number of aliphatic hydroxyl groups is 1. The SMILES string of the molecule is CCCCCCCC/C=C\C/C=C\C(C)(O)C1OC1CCC(C)C(=O)O. The Morgan fingerprint density at radius 3 is 2.54 bits per heavy atom. The van der Waals surface area contributed by atoms with Crippen molar-refractivity contribution >= 4 is 5.97 Å². The molecule has 0 spiro atoms. The highest BCUT2D eigenvalue weighted by Crippen LogP contribution is 2.37. The van der Waals surface area contributed by atoms with Crippen molar-refractivity contribution in [1.82, 2.24) is 0 Å². The summed E-state index contributed by atoms with van der Waals surface area (Å²) in [4.78, 5) is 10.8. The molecule has 0 amide bonds. The molecular formula is C22H38O4. The molecule has 0 bridgehead atoms. The number of aliphatic carboxylic acids is 1. The first-order valence-corrected chi connectivity index (χ1v) is 10.3. The minimum Gasteiger partial charge on any atom is -0.481 e. The van der Waals surface area contributed by atoms with Crippen LogP contribution in [0.25, 0.3) is 0 Å². The van der Waals surface area contributed by atoms with Crippen molar-refractivity contribution in [1.29, 1.82) is 0 Å². The first kappa shape index (κ1) is 22.9. The van der Waals surface area contributed by atoms with Gasteiger partial charge < -0.3 is 14.9 Å². The van der Waals surface area contributed by atoms with E-state index in [2.05, 4.69) is 19.1 Å². The van der Waals surface area contributed by atoms with Gasteiger partial charge in [0, 0.05) is 0 Å². The van der Waals surface area contributed by atoms with Crippen LogP contribution < -0.4 is 0 Å². The molecule has 4 atom stereocenters. The minimum atomic E-state index is -0.982. The quantitative estimate of drug-likeness (QED) is 0.236. The second-order valence-corrected chi connectivity index (χ2v) is 7.80. The van der Waals surface area contributed by atoms with E-state index in [1.807, 2.05) is 12.2 Å². The van der Waals surface area contributed by atoms with Crippen LogP contribution >= 0.6 is 0 Å². The van der Waals surface area contributed by atoms with Gasteiger partial charge in [0.15, 0.2) is 0 Å². The Balaban J connectivity index is 2.13. The number of epoxide rings is 1. The Morgan fingerprint density at radius 1 is 1.15 bits per heavy atom. The molecule has 1 saturated heterocycles. The molecule has 1 fully saturated rings. The van der Waals surface area contributed by atoms with Gasteiger partial charge in [-0.3, -0.25) is 4.79 Å². The highest BCUT2D eigenvalue weighted by atomic mass is 16.6. The molecule has 0 aromatic heterocycles. The van der Waals surface area contributed by atoms with Gasteiger partial charge in [-0.05, 0) is 39.0 Å². The summed E-state index contributed by atoms with van der Waals surface area (Å²) in [6, 6.07) is 0. The van der Waals surface area contributed by atoms with Crippen LogP contribution in [0.1, 0.15) is 85.0 Å². The Morgan fingerprint density at radius 2 is 1.85 bits per heavy atom. The summed E-state index contributed by atoms with van der Waals surface area (Å²) in [5, 5.41) is 19.4. The van der Waals surface area contributed by atoms with Crippen molar-refractivity contribution < 1.29 is 19.7 Å². The number of hydrogen-bond donors (Lipinski definition) is 2. The monoisotopic (exact) mass is 366 g/mol. The van der Waals surface area contributed by atoms with Gasteiger partial charge in [0.1, 0.15) is 11.7 Å². The lowest BCUT2D eigenvalue weighted by molar-refractivity contribution is -0.141. The second kappa shape index (κ2) is 12.3. The molecule has 1 aliphatic heterocycles. The highest BCUT2D eigenvalue weighted by Gasteiger charge is 2.49. The second-order valence-electron chi connectivity index (χ2n) is 7.80. The zero-order valence-electron chi connectivity index (χ0n) is 16.8. The lowest BCUT2D eigenvalue weighted by atomic mass is 9.95. The van der Waals surface area contributed by atoms with Gasteiger partial charge in [-0.1, -0.05) is 70.3 Å². The number of ether oxygens (including phenoxy) is 1. The number of unbranched alkanes of at least 4 members (excludes halogenated alkanes) is 6. The van der Waals surface area contributed by atoms with Crippen LogP contribution in [0.15, 0.2) is 24.3 Å². The Kier molecular flexibility index (Phi) is 10.8. The number of carboxylic acids is 1. The lowest BCUT2D eigenvalue weighted by Crippen LogP contribution is -2.30. The van der Waals surface area contributed by atoms with Gasteiger partial charge >= 0.3 is 5.97 Å². The molecule has 0 radical (unpaired) electrons. The maximum Gasteiger partial charge on any atom is 0.306 e. The summed E-state index contributed by atoms with van der Waals surface area (Å²) in [6.45, 7) is 5.70. The fourth-order valence-electron chi connectivity index (χ4n) is 3.15. The van der Waals surface area contributed by atoms with Crippen LogP contribution in [0.3, 0.4) is 0 Å². The summed E-state index contributed by atoms with van der Waals surface area (Å²) >= 11 is 0. The van der Waals surface area contributed by atoms with Crippen molar-refractivity contribution in [2.45, 2.75) is 103 Å².